The summed E-state index contributed by atoms with van der Waals surface area (Å²) in [5, 5.41) is 11.9. The van der Waals surface area contributed by atoms with Crippen molar-refractivity contribution in [3.05, 3.63) is 33.9 Å². The number of carbonyl (C=O) groups excluding carboxylic acids is 3. The summed E-state index contributed by atoms with van der Waals surface area (Å²) in [4.78, 5) is 51.5. The Morgan fingerprint density at radius 2 is 2.00 bits per heavy atom. The highest BCUT2D eigenvalue weighted by molar-refractivity contribution is 5.85. The predicted molar refractivity (Wildman–Crippen MR) is 128 cm³/mol. The third kappa shape index (κ3) is 11.0. The number of nitrogens with one attached hydrogen (secondary N) is 1. The van der Waals surface area contributed by atoms with Crippen LogP contribution in [-0.2, 0) is 23.8 Å². The van der Waals surface area contributed by atoms with Gasteiger partial charge in [-0.2, -0.15) is 0 Å². The van der Waals surface area contributed by atoms with Crippen LogP contribution in [0.4, 0.5) is 4.79 Å². The van der Waals surface area contributed by atoms with E-state index >= 15 is 0 Å². The lowest BCUT2D eigenvalue weighted by atomic mass is 10.1. The zero-order chi connectivity index (χ0) is 27.4. The van der Waals surface area contributed by atoms with E-state index in [4.69, 9.17) is 23.7 Å². The fourth-order valence-corrected chi connectivity index (χ4v) is 3.29. The van der Waals surface area contributed by atoms with Crippen molar-refractivity contribution in [1.82, 2.24) is 5.32 Å². The first kappa shape index (κ1) is 29.8. The summed E-state index contributed by atoms with van der Waals surface area (Å²) < 4.78 is 27.8. The van der Waals surface area contributed by atoms with Gasteiger partial charge in [-0.15, -0.1) is 10.1 Å². The largest absolute Gasteiger partial charge is 0.490 e. The second kappa shape index (κ2) is 14.3. The Morgan fingerprint density at radius 1 is 1.24 bits per heavy atom. The van der Waals surface area contributed by atoms with Crippen molar-refractivity contribution >= 4 is 18.3 Å². The van der Waals surface area contributed by atoms with Gasteiger partial charge in [0.25, 0.3) is 5.09 Å². The molecule has 0 radical (unpaired) electrons. The molecule has 1 amide bonds. The van der Waals surface area contributed by atoms with Crippen LogP contribution in [0.1, 0.15) is 63.7 Å². The quantitative estimate of drug-likeness (QED) is 0.100. The topological polar surface area (TPSA) is 162 Å². The molecule has 2 rings (SSSR count). The Bertz CT molecular complexity index is 926. The summed E-state index contributed by atoms with van der Waals surface area (Å²) in [7, 11) is 0. The van der Waals surface area contributed by atoms with E-state index in [1.807, 2.05) is 0 Å². The highest BCUT2D eigenvalue weighted by atomic mass is 16.9. The molecule has 1 N–H and O–H groups in total. The number of nitrogens with zero attached hydrogens (tertiary/aromatic N) is 1. The monoisotopic (exact) mass is 526 g/mol. The molecule has 1 aromatic rings. The molecule has 0 spiro atoms. The smallest absolute Gasteiger partial charge is 0.408 e. The fraction of sp³-hybridized carbons (Fsp3) is 0.625. The third-order valence-electron chi connectivity index (χ3n) is 4.96. The first-order chi connectivity index (χ1) is 17.5. The first-order valence-corrected chi connectivity index (χ1v) is 12.0. The molecule has 1 aliphatic heterocycles. The van der Waals surface area contributed by atoms with E-state index < -0.39 is 41.2 Å². The van der Waals surface area contributed by atoms with Crippen molar-refractivity contribution in [3.63, 3.8) is 0 Å². The Kier molecular flexibility index (Phi) is 11.5. The van der Waals surface area contributed by atoms with E-state index in [0.717, 1.165) is 12.8 Å². The van der Waals surface area contributed by atoms with Crippen LogP contribution in [-0.4, -0.2) is 67.3 Å². The molecule has 0 aliphatic carbocycles. The summed E-state index contributed by atoms with van der Waals surface area (Å²) in [5.74, 6) is -0.860. The minimum atomic E-state index is -1.29. The summed E-state index contributed by atoms with van der Waals surface area (Å²) in [6.45, 7) is 6.99. The van der Waals surface area contributed by atoms with Crippen LogP contribution in [0, 0.1) is 10.1 Å². The Balaban J connectivity index is 2.17. The Morgan fingerprint density at radius 3 is 2.62 bits per heavy atom. The van der Waals surface area contributed by atoms with Gasteiger partial charge in [-0.1, -0.05) is 0 Å². The molecule has 13 heteroatoms. The van der Waals surface area contributed by atoms with Gasteiger partial charge in [0.15, 0.2) is 23.8 Å². The zero-order valence-electron chi connectivity index (χ0n) is 21.4. The van der Waals surface area contributed by atoms with Crippen LogP contribution in [0.2, 0.25) is 0 Å². The molecule has 0 bridgehead atoms. The van der Waals surface area contributed by atoms with Crippen molar-refractivity contribution in [3.8, 4) is 11.5 Å². The Hall–Kier alpha value is -3.45. The fourth-order valence-electron chi connectivity index (χ4n) is 3.29. The second-order valence-electron chi connectivity index (χ2n) is 9.27. The van der Waals surface area contributed by atoms with Crippen molar-refractivity contribution in [1.29, 1.82) is 0 Å². The summed E-state index contributed by atoms with van der Waals surface area (Å²) in [6, 6.07) is 2.89. The number of rotatable bonds is 13. The van der Waals surface area contributed by atoms with Crippen LogP contribution in [0.15, 0.2) is 18.2 Å². The van der Waals surface area contributed by atoms with E-state index in [1.165, 1.54) is 18.2 Å². The van der Waals surface area contributed by atoms with Gasteiger partial charge >= 0.3 is 12.1 Å². The van der Waals surface area contributed by atoms with Crippen molar-refractivity contribution in [2.45, 2.75) is 77.4 Å². The van der Waals surface area contributed by atoms with Gasteiger partial charge in [0.05, 0.1) is 19.3 Å². The van der Waals surface area contributed by atoms with Gasteiger partial charge < -0.3 is 33.8 Å². The molecule has 1 saturated heterocycles. The minimum absolute atomic E-state index is 0.0109. The second-order valence-corrected chi connectivity index (χ2v) is 9.27. The minimum Gasteiger partial charge on any atom is -0.490 e. The van der Waals surface area contributed by atoms with Crippen LogP contribution in [0.3, 0.4) is 0 Å². The van der Waals surface area contributed by atoms with E-state index in [1.54, 1.807) is 27.7 Å². The summed E-state index contributed by atoms with van der Waals surface area (Å²) in [5.41, 5.74) is -0.601. The van der Waals surface area contributed by atoms with Gasteiger partial charge in [0.2, 0.25) is 0 Å². The molecule has 1 aliphatic rings. The zero-order valence-corrected chi connectivity index (χ0v) is 21.4. The van der Waals surface area contributed by atoms with Gasteiger partial charge in [-0.25, -0.2) is 9.59 Å². The molecule has 1 fully saturated rings. The van der Waals surface area contributed by atoms with Crippen molar-refractivity contribution in [2.75, 3.05) is 19.8 Å². The maximum atomic E-state index is 13.2. The average molecular weight is 527 g/mol. The normalized spacial score (nSPS) is 17.1. The van der Waals surface area contributed by atoms with Gasteiger partial charge in [0.1, 0.15) is 11.9 Å². The number of hydrogen-bond acceptors (Lipinski definition) is 11. The lowest BCUT2D eigenvalue weighted by Gasteiger charge is -2.30. The van der Waals surface area contributed by atoms with Gasteiger partial charge in [-0.3, -0.25) is 4.79 Å². The molecular weight excluding hydrogens is 492 g/mol. The number of benzene rings is 1. The maximum absolute atomic E-state index is 13.2. The number of carbonyl (C=O) groups is 3. The number of amides is 1. The average Bonchev–Trinajstić information content (AvgIpc) is 2.82. The number of hydrogen-bond donors (Lipinski definition) is 1. The van der Waals surface area contributed by atoms with Crippen molar-refractivity contribution in [2.24, 2.45) is 0 Å². The lowest BCUT2D eigenvalue weighted by Crippen LogP contribution is -2.52. The summed E-state index contributed by atoms with van der Waals surface area (Å²) in [6.07, 6.45) is 0.936. The van der Waals surface area contributed by atoms with E-state index in [-0.39, 0.29) is 36.7 Å². The molecule has 3 atom stereocenters. The number of ether oxygens (including phenoxy) is 5. The van der Waals surface area contributed by atoms with Crippen molar-refractivity contribution < 1.29 is 48.0 Å². The number of alkyl carbamates (subject to hydrolysis) is 1. The van der Waals surface area contributed by atoms with Gasteiger partial charge in [-0.05, 0) is 65.2 Å². The van der Waals surface area contributed by atoms with Gasteiger partial charge in [0, 0.05) is 18.6 Å². The first-order valence-electron chi connectivity index (χ1n) is 12.0. The molecule has 1 heterocycles. The van der Waals surface area contributed by atoms with Crippen LogP contribution in [0.25, 0.3) is 0 Å². The molecular formula is C24H34N2O11. The van der Waals surface area contributed by atoms with Crippen LogP contribution >= 0.6 is 0 Å². The molecule has 3 unspecified atom stereocenters. The van der Waals surface area contributed by atoms with Crippen LogP contribution < -0.4 is 14.8 Å². The third-order valence-corrected chi connectivity index (χ3v) is 4.96. The standard InChI is InChI=1S/C24H34N2O11/c1-16(35-20-8-5-6-11-33-20)21(25-23(29)37-24(2,3)4)22(28)36-19-14-17(15-27)9-10-18(19)32-12-7-13-34-26(30)31/h9-10,14-16,20-21H,5-8,11-13H2,1-4H3,(H,25,29). The van der Waals surface area contributed by atoms with Crippen LogP contribution in [0.5, 0.6) is 11.5 Å². The molecule has 0 saturated carbocycles. The SMILES string of the molecule is CC(OC1CCCCO1)C(NC(=O)OC(C)(C)C)C(=O)Oc1cc(C=O)ccc1OCCCO[N+](=O)[O-]. The Labute approximate surface area is 214 Å². The highest BCUT2D eigenvalue weighted by Gasteiger charge is 2.34. The molecule has 37 heavy (non-hydrogen) atoms. The molecule has 206 valence electrons. The molecule has 13 nitrogen and oxygen atoms in total. The molecule has 1 aromatic carbocycles. The predicted octanol–water partition coefficient (Wildman–Crippen LogP) is 3.21. The van der Waals surface area contributed by atoms with E-state index in [9.17, 15) is 24.5 Å². The van der Waals surface area contributed by atoms with E-state index in [0.29, 0.717) is 19.3 Å². The summed E-state index contributed by atoms with van der Waals surface area (Å²) >= 11 is 0. The number of esters is 1. The maximum Gasteiger partial charge on any atom is 0.408 e. The molecule has 0 aromatic heterocycles. The lowest BCUT2D eigenvalue weighted by molar-refractivity contribution is -0.757. The van der Waals surface area contributed by atoms with E-state index in [2.05, 4.69) is 10.2 Å². The number of aldehydes is 1. The highest BCUT2D eigenvalue weighted by Crippen LogP contribution is 2.29.